The van der Waals surface area contributed by atoms with Gasteiger partial charge in [-0.05, 0) is 72.9 Å². The van der Waals surface area contributed by atoms with E-state index in [-0.39, 0.29) is 17.5 Å². The summed E-state index contributed by atoms with van der Waals surface area (Å²) >= 11 is 0. The Morgan fingerprint density at radius 1 is 1.11 bits per heavy atom. The number of benzene rings is 1. The van der Waals surface area contributed by atoms with Gasteiger partial charge in [0, 0.05) is 23.7 Å². The van der Waals surface area contributed by atoms with Gasteiger partial charge in [0.25, 0.3) is 0 Å². The summed E-state index contributed by atoms with van der Waals surface area (Å²) in [6.45, 7) is 6.75. The molecule has 2 aromatic rings. The number of rotatable bonds is 4. The molecule has 1 aromatic carbocycles. The van der Waals surface area contributed by atoms with E-state index in [1.165, 1.54) is 12.1 Å². The highest BCUT2D eigenvalue weighted by Crippen LogP contribution is 2.44. The number of likely N-dealkylation sites (tertiary alicyclic amines) is 2. The van der Waals surface area contributed by atoms with Gasteiger partial charge in [-0.2, -0.15) is 13.2 Å². The summed E-state index contributed by atoms with van der Waals surface area (Å²) in [7, 11) is 4.06. The van der Waals surface area contributed by atoms with Crippen molar-refractivity contribution in [2.45, 2.75) is 63.3 Å². The normalized spacial score (nSPS) is 24.2. The quantitative estimate of drug-likeness (QED) is 0.596. The van der Waals surface area contributed by atoms with E-state index in [4.69, 9.17) is 4.98 Å². The lowest BCUT2D eigenvalue weighted by Crippen LogP contribution is -2.57. The van der Waals surface area contributed by atoms with Gasteiger partial charge in [-0.15, -0.1) is 0 Å². The van der Waals surface area contributed by atoms with Crippen LogP contribution >= 0.6 is 0 Å². The topological polar surface area (TPSA) is 64.6 Å². The van der Waals surface area contributed by atoms with Gasteiger partial charge < -0.3 is 20.0 Å². The molecule has 3 aliphatic heterocycles. The van der Waals surface area contributed by atoms with E-state index in [0.29, 0.717) is 36.8 Å². The van der Waals surface area contributed by atoms with Crippen LogP contribution in [0.4, 0.5) is 23.4 Å². The molecule has 0 saturated carbocycles. The van der Waals surface area contributed by atoms with E-state index in [9.17, 15) is 22.4 Å². The van der Waals surface area contributed by atoms with Crippen molar-refractivity contribution in [3.05, 3.63) is 52.2 Å². The largest absolute Gasteiger partial charge is 0.419 e. The zero-order valence-electron chi connectivity index (χ0n) is 22.2. The minimum atomic E-state index is -4.79. The maximum atomic E-state index is 15.0. The standard InChI is InChI=1S/C27H34F4N6O/c1-16(19-6-5-7-21(22(19)28)27(29,30)31)32-24-20-14-37(18-8-11-35(3)12-9-18)25(38)26(10-13-36(4)15-26)23(20)33-17(2)34-24/h5-7,16,18H,8-15H2,1-4H3,(H,32,33,34)/t16-,26?/m1/s1. The SMILES string of the molecule is Cc1nc(N[C@H](C)c2cccc(C(F)(F)F)c2F)c2c(n1)C1(CCN(C)C1)C(=O)N(C1CCN(C)CC1)C2. The van der Waals surface area contributed by atoms with Gasteiger partial charge in [0.1, 0.15) is 22.9 Å². The number of carbonyl (C=O) groups excluding carboxylic acids is 1. The average Bonchev–Trinajstić information content (AvgIpc) is 3.24. The second kappa shape index (κ2) is 9.75. The van der Waals surface area contributed by atoms with Crippen molar-refractivity contribution in [1.82, 2.24) is 24.7 Å². The third kappa shape index (κ3) is 4.64. The summed E-state index contributed by atoms with van der Waals surface area (Å²) in [4.78, 5) is 29.9. The van der Waals surface area contributed by atoms with Gasteiger partial charge in [-0.1, -0.05) is 12.1 Å². The first-order valence-corrected chi connectivity index (χ1v) is 13.1. The fraction of sp³-hybridized carbons (Fsp3) is 0.593. The van der Waals surface area contributed by atoms with E-state index in [2.05, 4.69) is 27.1 Å². The molecule has 1 unspecified atom stereocenters. The van der Waals surface area contributed by atoms with Crippen molar-refractivity contribution in [3.63, 3.8) is 0 Å². The van der Waals surface area contributed by atoms with E-state index >= 15 is 0 Å². The second-order valence-corrected chi connectivity index (χ2v) is 11.1. The van der Waals surface area contributed by atoms with Gasteiger partial charge >= 0.3 is 6.18 Å². The molecular weight excluding hydrogens is 500 g/mol. The Hall–Kier alpha value is -2.79. The monoisotopic (exact) mass is 534 g/mol. The Bertz CT molecular complexity index is 1230. The highest BCUT2D eigenvalue weighted by Gasteiger charge is 2.54. The van der Waals surface area contributed by atoms with Gasteiger partial charge in [0.2, 0.25) is 5.91 Å². The lowest BCUT2D eigenvalue weighted by Gasteiger charge is -2.46. The molecule has 2 fully saturated rings. The molecule has 1 aromatic heterocycles. The lowest BCUT2D eigenvalue weighted by atomic mass is 9.76. The van der Waals surface area contributed by atoms with Crippen LogP contribution in [0.1, 0.15) is 60.4 Å². The molecule has 5 rings (SSSR count). The van der Waals surface area contributed by atoms with Crippen LogP contribution in [0.3, 0.4) is 0 Å². The molecule has 3 aliphatic rings. The van der Waals surface area contributed by atoms with Crippen molar-refractivity contribution in [3.8, 4) is 0 Å². The third-order valence-corrected chi connectivity index (χ3v) is 8.31. The molecule has 2 atom stereocenters. The Balaban J connectivity index is 1.55. The maximum absolute atomic E-state index is 15.0. The van der Waals surface area contributed by atoms with Gasteiger partial charge in [0.05, 0.1) is 23.8 Å². The van der Waals surface area contributed by atoms with Crippen LogP contribution in [-0.2, 0) is 22.9 Å². The molecular formula is C27H34F4N6O. The minimum Gasteiger partial charge on any atom is -0.363 e. The number of fused-ring (bicyclic) bond motifs is 2. The van der Waals surface area contributed by atoms with Crippen LogP contribution in [0.15, 0.2) is 18.2 Å². The Kier molecular flexibility index (Phi) is 6.88. The second-order valence-electron chi connectivity index (χ2n) is 11.1. The number of piperidine rings is 1. The van der Waals surface area contributed by atoms with Crippen LogP contribution in [0.5, 0.6) is 0 Å². The van der Waals surface area contributed by atoms with E-state index in [1.807, 2.05) is 11.9 Å². The first-order chi connectivity index (χ1) is 17.9. The number of anilines is 1. The molecule has 0 aliphatic carbocycles. The van der Waals surface area contributed by atoms with E-state index in [0.717, 1.165) is 44.1 Å². The first-order valence-electron chi connectivity index (χ1n) is 13.1. The number of nitrogens with one attached hydrogen (secondary N) is 1. The molecule has 7 nitrogen and oxygen atoms in total. The molecule has 38 heavy (non-hydrogen) atoms. The molecule has 1 spiro atoms. The molecule has 0 bridgehead atoms. The molecule has 0 radical (unpaired) electrons. The first kappa shape index (κ1) is 26.8. The zero-order chi connectivity index (χ0) is 27.4. The highest BCUT2D eigenvalue weighted by molar-refractivity contribution is 5.91. The van der Waals surface area contributed by atoms with E-state index < -0.39 is 29.0 Å². The molecule has 1 N–H and O–H groups in total. The number of amides is 1. The molecule has 2 saturated heterocycles. The summed E-state index contributed by atoms with van der Waals surface area (Å²) in [5.74, 6) is -0.310. The van der Waals surface area contributed by atoms with Crippen molar-refractivity contribution in [2.75, 3.05) is 45.6 Å². The van der Waals surface area contributed by atoms with Crippen LogP contribution in [0.2, 0.25) is 0 Å². The number of carbonyl (C=O) groups is 1. The molecule has 4 heterocycles. The Labute approximate surface area is 220 Å². The van der Waals surface area contributed by atoms with Crippen LogP contribution in [-0.4, -0.2) is 76.9 Å². The fourth-order valence-electron chi connectivity index (χ4n) is 6.24. The predicted molar refractivity (Wildman–Crippen MR) is 135 cm³/mol. The predicted octanol–water partition coefficient (Wildman–Crippen LogP) is 4.13. The zero-order valence-corrected chi connectivity index (χ0v) is 22.2. The third-order valence-electron chi connectivity index (χ3n) is 8.31. The highest BCUT2D eigenvalue weighted by atomic mass is 19.4. The summed E-state index contributed by atoms with van der Waals surface area (Å²) in [6, 6.07) is 2.59. The number of alkyl halides is 3. The number of hydrogen-bond donors (Lipinski definition) is 1. The number of likely N-dealkylation sites (N-methyl/N-ethyl adjacent to an activating group) is 1. The van der Waals surface area contributed by atoms with Gasteiger partial charge in [-0.25, -0.2) is 14.4 Å². The van der Waals surface area contributed by atoms with Crippen molar-refractivity contribution >= 4 is 11.7 Å². The number of aromatic nitrogens is 2. The number of hydrogen-bond acceptors (Lipinski definition) is 6. The number of nitrogens with zero attached hydrogens (tertiary/aromatic N) is 5. The van der Waals surface area contributed by atoms with E-state index in [1.54, 1.807) is 13.8 Å². The summed E-state index contributed by atoms with van der Waals surface area (Å²) < 4.78 is 55.0. The summed E-state index contributed by atoms with van der Waals surface area (Å²) in [6.07, 6.45) is -2.43. The minimum absolute atomic E-state index is 0.0853. The smallest absolute Gasteiger partial charge is 0.363 e. The molecule has 206 valence electrons. The molecule has 11 heteroatoms. The summed E-state index contributed by atoms with van der Waals surface area (Å²) in [5.41, 5.74) is -0.748. The van der Waals surface area contributed by atoms with Crippen molar-refractivity contribution < 1.29 is 22.4 Å². The fourth-order valence-corrected chi connectivity index (χ4v) is 6.24. The lowest BCUT2D eigenvalue weighted by molar-refractivity contribution is -0.143. The van der Waals surface area contributed by atoms with Gasteiger partial charge in [0.15, 0.2) is 0 Å². The molecule has 1 amide bonds. The van der Waals surface area contributed by atoms with Crippen LogP contribution in [0, 0.1) is 12.7 Å². The number of aryl methyl sites for hydroxylation is 1. The van der Waals surface area contributed by atoms with Crippen molar-refractivity contribution in [1.29, 1.82) is 0 Å². The Morgan fingerprint density at radius 2 is 1.82 bits per heavy atom. The summed E-state index contributed by atoms with van der Waals surface area (Å²) in [5, 5.41) is 3.19. The van der Waals surface area contributed by atoms with Crippen LogP contribution < -0.4 is 5.32 Å². The number of halogens is 4. The van der Waals surface area contributed by atoms with Crippen molar-refractivity contribution in [2.24, 2.45) is 0 Å². The Morgan fingerprint density at radius 3 is 2.45 bits per heavy atom. The average molecular weight is 535 g/mol. The maximum Gasteiger partial charge on any atom is 0.419 e. The van der Waals surface area contributed by atoms with Gasteiger partial charge in [-0.3, -0.25) is 4.79 Å². The van der Waals surface area contributed by atoms with Crippen LogP contribution in [0.25, 0.3) is 0 Å².